The summed E-state index contributed by atoms with van der Waals surface area (Å²) >= 11 is 12.2. The van der Waals surface area contributed by atoms with Gasteiger partial charge in [-0.2, -0.15) is 0 Å². The van der Waals surface area contributed by atoms with E-state index < -0.39 is 0 Å². The van der Waals surface area contributed by atoms with Gasteiger partial charge in [-0.25, -0.2) is 0 Å². The van der Waals surface area contributed by atoms with E-state index in [9.17, 15) is 10.1 Å². The van der Waals surface area contributed by atoms with Gasteiger partial charge in [0.25, 0.3) is 5.69 Å². The molecule has 0 fully saturated rings. The monoisotopic (exact) mass is 453 g/mol. The van der Waals surface area contributed by atoms with Gasteiger partial charge in [0, 0.05) is 23.6 Å². The van der Waals surface area contributed by atoms with Crippen molar-refractivity contribution in [1.82, 2.24) is 0 Å². The van der Waals surface area contributed by atoms with Gasteiger partial charge >= 0.3 is 0 Å². The third kappa shape index (κ3) is 5.79. The van der Waals surface area contributed by atoms with Crippen LogP contribution in [0.5, 0.6) is 5.75 Å². The molecule has 0 saturated heterocycles. The van der Waals surface area contributed by atoms with Crippen molar-refractivity contribution in [2.45, 2.75) is 19.9 Å². The maximum absolute atomic E-state index is 10.7. The molecular weight excluding hydrogens is 439 g/mol. The summed E-state index contributed by atoms with van der Waals surface area (Å²) in [6.07, 6.45) is 0. The minimum absolute atomic E-state index is 0.116. The zero-order valence-electron chi connectivity index (χ0n) is 14.2. The van der Waals surface area contributed by atoms with Crippen LogP contribution in [0.1, 0.15) is 11.1 Å². The molecule has 3 rings (SSSR count). The lowest BCUT2D eigenvalue weighted by Gasteiger charge is -2.05. The number of thioether (sulfide) groups is 2. The molecule has 140 valence electrons. The van der Waals surface area contributed by atoms with Crippen molar-refractivity contribution in [3.05, 3.63) is 72.9 Å². The van der Waals surface area contributed by atoms with E-state index in [0.717, 1.165) is 26.0 Å². The number of nitro benzene ring substituents is 1. The van der Waals surface area contributed by atoms with Gasteiger partial charge in [0.05, 0.1) is 20.5 Å². The Kier molecular flexibility index (Phi) is 7.31. The van der Waals surface area contributed by atoms with Crippen LogP contribution in [0.4, 0.5) is 5.69 Å². The first-order valence-corrected chi connectivity index (χ1v) is 11.8. The quantitative estimate of drug-likeness (QED) is 0.158. The van der Waals surface area contributed by atoms with Crippen LogP contribution in [0, 0.1) is 13.3 Å². The normalized spacial score (nSPS) is 10.7. The molecule has 0 amide bonds. The Morgan fingerprint density at radius 1 is 0.963 bits per heavy atom. The van der Waals surface area contributed by atoms with Gasteiger partial charge in [0.2, 0.25) is 0 Å². The van der Waals surface area contributed by atoms with E-state index in [0.29, 0.717) is 0 Å². The number of rotatable bonds is 8. The number of methoxy groups -OCH3 is 1. The Morgan fingerprint density at radius 2 is 1.44 bits per heavy atom. The standard InChI is InChI=1S/C18H15NO3S5/c1-22-15-8-4-13(5-9-15)11-25-17-16(26-18(23)27-17)24-10-12-2-6-14(7-3-12)19(20)21/h2-9H,10-11H2,1H3. The molecule has 4 nitrogen and oxygen atoms in total. The zero-order valence-corrected chi connectivity index (χ0v) is 18.3. The Bertz CT molecular complexity index is 964. The number of non-ortho nitro benzene ring substituents is 1. The molecular formula is C18H15NO3S5. The maximum Gasteiger partial charge on any atom is 0.269 e. The first kappa shape index (κ1) is 20.3. The van der Waals surface area contributed by atoms with Crippen molar-refractivity contribution in [1.29, 1.82) is 0 Å². The zero-order chi connectivity index (χ0) is 19.2. The van der Waals surface area contributed by atoms with E-state index in [1.807, 2.05) is 12.1 Å². The van der Waals surface area contributed by atoms with E-state index in [1.54, 1.807) is 77.6 Å². The Labute approximate surface area is 178 Å². The van der Waals surface area contributed by atoms with Crippen LogP contribution in [0.2, 0.25) is 0 Å². The number of ether oxygens (including phenoxy) is 1. The molecule has 0 aliphatic rings. The van der Waals surface area contributed by atoms with E-state index in [2.05, 4.69) is 12.1 Å². The molecule has 0 unspecified atom stereocenters. The smallest absolute Gasteiger partial charge is 0.269 e. The predicted molar refractivity (Wildman–Crippen MR) is 118 cm³/mol. The molecule has 0 saturated carbocycles. The van der Waals surface area contributed by atoms with Gasteiger partial charge in [-0.05, 0) is 23.3 Å². The van der Waals surface area contributed by atoms with Crippen molar-refractivity contribution >= 4 is 64.1 Å². The van der Waals surface area contributed by atoms with E-state index in [1.165, 1.54) is 14.0 Å². The molecule has 1 heterocycles. The molecule has 3 aromatic rings. The van der Waals surface area contributed by atoms with E-state index >= 15 is 0 Å². The second-order valence-electron chi connectivity index (χ2n) is 5.38. The van der Waals surface area contributed by atoms with E-state index in [-0.39, 0.29) is 10.6 Å². The van der Waals surface area contributed by atoms with Gasteiger partial charge in [-0.15, -0.1) is 46.2 Å². The molecule has 2 aromatic carbocycles. The average Bonchev–Trinajstić information content (AvgIpc) is 3.05. The number of hydrogen-bond donors (Lipinski definition) is 0. The highest BCUT2D eigenvalue weighted by molar-refractivity contribution is 8.04. The second-order valence-corrected chi connectivity index (χ2v) is 11.1. The molecule has 1 aromatic heterocycles. The number of hydrogen-bond acceptors (Lipinski definition) is 8. The van der Waals surface area contributed by atoms with Gasteiger partial charge < -0.3 is 4.74 Å². The summed E-state index contributed by atoms with van der Waals surface area (Å²) in [5.41, 5.74) is 2.41. The summed E-state index contributed by atoms with van der Waals surface area (Å²) in [5.74, 6) is 2.49. The summed E-state index contributed by atoms with van der Waals surface area (Å²) in [6.45, 7) is 0. The lowest BCUT2D eigenvalue weighted by molar-refractivity contribution is -0.384. The molecule has 27 heavy (non-hydrogen) atoms. The lowest BCUT2D eigenvalue weighted by atomic mass is 10.2. The fourth-order valence-corrected chi connectivity index (χ4v) is 8.18. The van der Waals surface area contributed by atoms with Gasteiger partial charge in [0.1, 0.15) is 8.89 Å². The van der Waals surface area contributed by atoms with E-state index in [4.69, 9.17) is 17.0 Å². The highest BCUT2D eigenvalue weighted by Crippen LogP contribution is 2.43. The first-order chi connectivity index (χ1) is 13.0. The fraction of sp³-hybridized carbons (Fsp3) is 0.167. The minimum Gasteiger partial charge on any atom is -0.497 e. The highest BCUT2D eigenvalue weighted by atomic mass is 32.2. The summed E-state index contributed by atoms with van der Waals surface area (Å²) in [5, 5.41) is 10.7. The van der Waals surface area contributed by atoms with Crippen molar-refractivity contribution in [2.75, 3.05) is 7.11 Å². The number of benzene rings is 2. The molecule has 9 heteroatoms. The molecule has 0 aliphatic carbocycles. The third-order valence-corrected chi connectivity index (χ3v) is 9.29. The SMILES string of the molecule is COc1ccc(CSc2sc(=S)sc2SCc2ccc([N+](=O)[O-])cc2)cc1. The van der Waals surface area contributed by atoms with Crippen LogP contribution in [0.15, 0.2) is 56.9 Å². The Balaban J connectivity index is 1.62. The summed E-state index contributed by atoms with van der Waals surface area (Å²) in [6, 6.07) is 14.8. The average molecular weight is 454 g/mol. The highest BCUT2D eigenvalue weighted by Gasteiger charge is 2.11. The molecule has 0 spiro atoms. The topological polar surface area (TPSA) is 52.4 Å². The number of nitrogens with zero attached hydrogens (tertiary/aromatic N) is 1. The molecule has 0 aliphatic heterocycles. The molecule has 0 radical (unpaired) electrons. The van der Waals surface area contributed by atoms with Crippen LogP contribution >= 0.6 is 58.4 Å². The van der Waals surface area contributed by atoms with Crippen molar-refractivity contribution in [2.24, 2.45) is 0 Å². The third-order valence-electron chi connectivity index (χ3n) is 3.56. The van der Waals surface area contributed by atoms with Crippen LogP contribution in [-0.2, 0) is 11.5 Å². The van der Waals surface area contributed by atoms with Crippen LogP contribution in [-0.4, -0.2) is 12.0 Å². The lowest BCUT2D eigenvalue weighted by Crippen LogP contribution is -1.88. The maximum atomic E-state index is 10.7. The summed E-state index contributed by atoms with van der Waals surface area (Å²) in [7, 11) is 1.66. The summed E-state index contributed by atoms with van der Waals surface area (Å²) < 4.78 is 8.55. The van der Waals surface area contributed by atoms with Crippen LogP contribution in [0.3, 0.4) is 0 Å². The Morgan fingerprint density at radius 3 is 1.89 bits per heavy atom. The predicted octanol–water partition coefficient (Wildman–Crippen LogP) is 7.04. The Hall–Kier alpha value is -1.39. The number of nitro groups is 1. The van der Waals surface area contributed by atoms with Gasteiger partial charge in [0.15, 0.2) is 0 Å². The molecule has 0 atom stereocenters. The van der Waals surface area contributed by atoms with Gasteiger partial charge in [-0.3, -0.25) is 10.1 Å². The van der Waals surface area contributed by atoms with Gasteiger partial charge in [-0.1, -0.05) is 36.5 Å². The van der Waals surface area contributed by atoms with Crippen molar-refractivity contribution in [3.63, 3.8) is 0 Å². The van der Waals surface area contributed by atoms with Crippen molar-refractivity contribution in [3.8, 4) is 5.75 Å². The molecule has 0 bridgehead atoms. The second kappa shape index (κ2) is 9.70. The fourth-order valence-electron chi connectivity index (χ4n) is 2.17. The first-order valence-electron chi connectivity index (χ1n) is 7.81. The van der Waals surface area contributed by atoms with Crippen LogP contribution in [0.25, 0.3) is 0 Å². The van der Waals surface area contributed by atoms with Crippen molar-refractivity contribution < 1.29 is 9.66 Å². The van der Waals surface area contributed by atoms with Crippen LogP contribution < -0.4 is 4.74 Å². The minimum atomic E-state index is -0.380. The largest absolute Gasteiger partial charge is 0.497 e. The molecule has 0 N–H and O–H groups in total. The summed E-state index contributed by atoms with van der Waals surface area (Å²) in [4.78, 5) is 10.4.